The molecule has 1 aliphatic carbocycles. The number of hydrogen-bond donors (Lipinski definition) is 1. The Kier molecular flexibility index (Phi) is 2.83. The summed E-state index contributed by atoms with van der Waals surface area (Å²) in [6, 6.07) is 8.33. The van der Waals surface area contributed by atoms with Crippen molar-refractivity contribution < 1.29 is 5.11 Å². The van der Waals surface area contributed by atoms with Crippen LogP contribution in [0.2, 0.25) is 0 Å². The van der Waals surface area contributed by atoms with Gasteiger partial charge in [0.05, 0.1) is 5.60 Å². The first-order valence-corrected chi connectivity index (χ1v) is 6.22. The fraction of sp³-hybridized carbons (Fsp3) is 0.600. The molecule has 16 heavy (non-hydrogen) atoms. The molecule has 0 saturated carbocycles. The third-order valence-electron chi connectivity index (χ3n) is 3.62. The monoisotopic (exact) mass is 218 g/mol. The fourth-order valence-corrected chi connectivity index (χ4v) is 2.51. The van der Waals surface area contributed by atoms with Crippen molar-refractivity contribution in [2.75, 3.05) is 0 Å². The number of hydrogen-bond acceptors (Lipinski definition) is 1. The standard InChI is InChI=1S/C15H22O/c1-14(2,3)10-11-15(16)9-8-12-6-4-5-7-13(12)15/h4-7,16H,8-11H2,1-3H3. The van der Waals surface area contributed by atoms with Gasteiger partial charge < -0.3 is 5.11 Å². The van der Waals surface area contributed by atoms with Crippen molar-refractivity contribution in [2.45, 2.75) is 52.1 Å². The topological polar surface area (TPSA) is 20.2 Å². The van der Waals surface area contributed by atoms with Crippen molar-refractivity contribution >= 4 is 0 Å². The van der Waals surface area contributed by atoms with Crippen molar-refractivity contribution in [3.63, 3.8) is 0 Å². The molecule has 0 aliphatic heterocycles. The SMILES string of the molecule is CC(C)(C)CCC1(O)CCc2ccccc21. The van der Waals surface area contributed by atoms with Crippen LogP contribution >= 0.6 is 0 Å². The summed E-state index contributed by atoms with van der Waals surface area (Å²) in [6.45, 7) is 6.70. The molecule has 1 aromatic carbocycles. The maximum atomic E-state index is 10.7. The molecule has 1 nitrogen and oxygen atoms in total. The minimum Gasteiger partial charge on any atom is -0.385 e. The van der Waals surface area contributed by atoms with Gasteiger partial charge in [-0.05, 0) is 42.2 Å². The van der Waals surface area contributed by atoms with Gasteiger partial charge in [0.25, 0.3) is 0 Å². The van der Waals surface area contributed by atoms with Gasteiger partial charge in [0.1, 0.15) is 0 Å². The molecule has 0 bridgehead atoms. The van der Waals surface area contributed by atoms with E-state index in [9.17, 15) is 5.11 Å². The van der Waals surface area contributed by atoms with Crippen molar-refractivity contribution in [3.05, 3.63) is 35.4 Å². The quantitative estimate of drug-likeness (QED) is 0.803. The highest BCUT2D eigenvalue weighted by atomic mass is 16.3. The third kappa shape index (κ3) is 2.30. The Bertz CT molecular complexity index is 375. The Morgan fingerprint density at radius 1 is 1.25 bits per heavy atom. The second kappa shape index (κ2) is 3.89. The summed E-state index contributed by atoms with van der Waals surface area (Å²) in [5.41, 5.74) is 2.23. The molecule has 0 amide bonds. The van der Waals surface area contributed by atoms with Crippen LogP contribution in [-0.4, -0.2) is 5.11 Å². The van der Waals surface area contributed by atoms with Crippen LogP contribution in [-0.2, 0) is 12.0 Å². The number of fused-ring (bicyclic) bond motifs is 1. The van der Waals surface area contributed by atoms with Gasteiger partial charge in [-0.15, -0.1) is 0 Å². The van der Waals surface area contributed by atoms with Crippen LogP contribution < -0.4 is 0 Å². The highest BCUT2D eigenvalue weighted by molar-refractivity contribution is 5.36. The molecule has 2 rings (SSSR count). The first kappa shape index (κ1) is 11.7. The van der Waals surface area contributed by atoms with Gasteiger partial charge >= 0.3 is 0 Å². The van der Waals surface area contributed by atoms with Crippen LogP contribution in [0.25, 0.3) is 0 Å². The Labute approximate surface area is 98.5 Å². The molecule has 1 aliphatic rings. The van der Waals surface area contributed by atoms with E-state index in [4.69, 9.17) is 0 Å². The summed E-state index contributed by atoms with van der Waals surface area (Å²) >= 11 is 0. The average molecular weight is 218 g/mol. The fourth-order valence-electron chi connectivity index (χ4n) is 2.51. The van der Waals surface area contributed by atoms with E-state index < -0.39 is 5.60 Å². The van der Waals surface area contributed by atoms with E-state index in [1.165, 1.54) is 11.1 Å². The van der Waals surface area contributed by atoms with Crippen LogP contribution in [0.5, 0.6) is 0 Å². The molecule has 0 radical (unpaired) electrons. The Hall–Kier alpha value is -0.820. The Morgan fingerprint density at radius 3 is 2.62 bits per heavy atom. The summed E-state index contributed by atoms with van der Waals surface area (Å²) in [6.07, 6.45) is 3.87. The van der Waals surface area contributed by atoms with Crippen molar-refractivity contribution in [1.29, 1.82) is 0 Å². The maximum absolute atomic E-state index is 10.7. The highest BCUT2D eigenvalue weighted by Gasteiger charge is 2.36. The van der Waals surface area contributed by atoms with Crippen LogP contribution in [0.15, 0.2) is 24.3 Å². The molecule has 0 heterocycles. The molecule has 0 aromatic heterocycles. The zero-order valence-electron chi connectivity index (χ0n) is 10.6. The molecular formula is C15H22O. The van der Waals surface area contributed by atoms with Gasteiger partial charge in [0.15, 0.2) is 0 Å². The van der Waals surface area contributed by atoms with Crippen LogP contribution in [0.1, 0.15) is 51.2 Å². The largest absolute Gasteiger partial charge is 0.385 e. The molecule has 1 atom stereocenters. The van der Waals surface area contributed by atoms with E-state index in [0.717, 1.165) is 25.7 Å². The Balaban J connectivity index is 2.16. The second-order valence-corrected chi connectivity index (χ2v) is 6.25. The molecule has 88 valence electrons. The first-order valence-electron chi connectivity index (χ1n) is 6.22. The average Bonchev–Trinajstić information content (AvgIpc) is 2.55. The lowest BCUT2D eigenvalue weighted by molar-refractivity contribution is 0.0186. The highest BCUT2D eigenvalue weighted by Crippen LogP contribution is 2.41. The summed E-state index contributed by atoms with van der Waals surface area (Å²) < 4.78 is 0. The van der Waals surface area contributed by atoms with Crippen molar-refractivity contribution in [3.8, 4) is 0 Å². The van der Waals surface area contributed by atoms with Gasteiger partial charge in [-0.2, -0.15) is 0 Å². The van der Waals surface area contributed by atoms with Crippen LogP contribution in [0.4, 0.5) is 0 Å². The predicted octanol–water partition coefficient (Wildman–Crippen LogP) is 3.65. The van der Waals surface area contributed by atoms with E-state index in [-0.39, 0.29) is 0 Å². The zero-order chi connectivity index (χ0) is 11.8. The molecule has 1 N–H and O–H groups in total. The van der Waals surface area contributed by atoms with Crippen LogP contribution in [0, 0.1) is 5.41 Å². The predicted molar refractivity (Wildman–Crippen MR) is 67.3 cm³/mol. The van der Waals surface area contributed by atoms with E-state index in [1.54, 1.807) is 0 Å². The first-order chi connectivity index (χ1) is 7.41. The van der Waals surface area contributed by atoms with Gasteiger partial charge in [-0.1, -0.05) is 45.0 Å². The van der Waals surface area contributed by atoms with E-state index in [0.29, 0.717) is 5.41 Å². The molecule has 1 aromatic rings. The zero-order valence-corrected chi connectivity index (χ0v) is 10.6. The lowest BCUT2D eigenvalue weighted by Crippen LogP contribution is -2.24. The summed E-state index contributed by atoms with van der Waals surface area (Å²) in [5.74, 6) is 0. The molecule has 0 fully saturated rings. The minimum atomic E-state index is -0.566. The number of rotatable bonds is 2. The summed E-state index contributed by atoms with van der Waals surface area (Å²) in [5, 5.41) is 10.7. The van der Waals surface area contributed by atoms with E-state index in [1.807, 2.05) is 6.07 Å². The molecule has 1 unspecified atom stereocenters. The summed E-state index contributed by atoms with van der Waals surface area (Å²) in [7, 11) is 0. The second-order valence-electron chi connectivity index (χ2n) is 6.25. The van der Waals surface area contributed by atoms with Gasteiger partial charge in [-0.3, -0.25) is 0 Å². The van der Waals surface area contributed by atoms with Gasteiger partial charge in [0.2, 0.25) is 0 Å². The molecular weight excluding hydrogens is 196 g/mol. The van der Waals surface area contributed by atoms with Gasteiger partial charge in [-0.25, -0.2) is 0 Å². The smallest absolute Gasteiger partial charge is 0.0902 e. The maximum Gasteiger partial charge on any atom is 0.0902 e. The van der Waals surface area contributed by atoms with Gasteiger partial charge in [0, 0.05) is 0 Å². The minimum absolute atomic E-state index is 0.299. The third-order valence-corrected chi connectivity index (χ3v) is 3.62. The van der Waals surface area contributed by atoms with Crippen molar-refractivity contribution in [1.82, 2.24) is 0 Å². The van der Waals surface area contributed by atoms with Crippen LogP contribution in [0.3, 0.4) is 0 Å². The Morgan fingerprint density at radius 2 is 1.94 bits per heavy atom. The van der Waals surface area contributed by atoms with Crippen molar-refractivity contribution in [2.24, 2.45) is 5.41 Å². The number of aryl methyl sites for hydroxylation is 1. The molecule has 0 spiro atoms. The van der Waals surface area contributed by atoms with E-state index in [2.05, 4.69) is 39.0 Å². The molecule has 0 saturated heterocycles. The number of aliphatic hydroxyl groups is 1. The lowest BCUT2D eigenvalue weighted by atomic mass is 9.82. The molecule has 1 heteroatoms. The number of benzene rings is 1. The summed E-state index contributed by atoms with van der Waals surface area (Å²) in [4.78, 5) is 0. The van der Waals surface area contributed by atoms with E-state index >= 15 is 0 Å². The normalized spacial score (nSPS) is 24.5. The lowest BCUT2D eigenvalue weighted by Gasteiger charge is -2.28.